The Morgan fingerprint density at radius 3 is 2.48 bits per heavy atom. The van der Waals surface area contributed by atoms with Crippen LogP contribution >= 0.6 is 11.8 Å². The van der Waals surface area contributed by atoms with Crippen LogP contribution < -0.4 is 14.8 Å². The first-order chi connectivity index (χ1) is 14.0. The molecule has 0 fully saturated rings. The number of nitrogens with one attached hydrogen (secondary N) is 1. The summed E-state index contributed by atoms with van der Waals surface area (Å²) in [6.45, 7) is 0.0921. The lowest BCUT2D eigenvalue weighted by molar-refractivity contribution is -0.384. The van der Waals surface area contributed by atoms with E-state index >= 15 is 0 Å². The van der Waals surface area contributed by atoms with Gasteiger partial charge in [0.2, 0.25) is 5.91 Å². The zero-order valence-corrected chi connectivity index (χ0v) is 16.0. The highest BCUT2D eigenvalue weighted by atomic mass is 32.2. The van der Waals surface area contributed by atoms with Crippen molar-refractivity contribution in [2.24, 2.45) is 0 Å². The summed E-state index contributed by atoms with van der Waals surface area (Å²) in [7, 11) is 1.58. The average molecular weight is 416 g/mol. The minimum absolute atomic E-state index is 0.0396. The second-order valence-electron chi connectivity index (χ2n) is 5.57. The van der Waals surface area contributed by atoms with Crippen molar-refractivity contribution in [1.29, 1.82) is 0 Å². The van der Waals surface area contributed by atoms with Crippen LogP contribution in [0.2, 0.25) is 0 Å². The van der Waals surface area contributed by atoms with Crippen molar-refractivity contribution in [3.63, 3.8) is 0 Å². The third-order valence-corrected chi connectivity index (χ3v) is 4.38. The van der Waals surface area contributed by atoms with Gasteiger partial charge in [-0.25, -0.2) is 0 Å². The predicted octanol–water partition coefficient (Wildman–Crippen LogP) is 3.30. The molecule has 0 atom stereocenters. The van der Waals surface area contributed by atoms with E-state index < -0.39 is 4.92 Å². The molecule has 10 nitrogen and oxygen atoms in total. The second kappa shape index (κ2) is 9.55. The Morgan fingerprint density at radius 1 is 1.14 bits per heavy atom. The Bertz CT molecular complexity index is 975. The number of non-ortho nitro benzene ring substituents is 1. The Balaban J connectivity index is 1.44. The van der Waals surface area contributed by atoms with Gasteiger partial charge in [-0.1, -0.05) is 11.8 Å². The molecule has 0 saturated carbocycles. The van der Waals surface area contributed by atoms with Gasteiger partial charge in [-0.2, -0.15) is 0 Å². The minimum atomic E-state index is -0.507. The SMILES string of the molecule is COc1ccc(OCc2nnc(SCC(=O)Nc3ccc([N+](=O)[O-])cc3)o2)cc1. The molecule has 0 saturated heterocycles. The van der Waals surface area contributed by atoms with Crippen LogP contribution in [-0.2, 0) is 11.4 Å². The Hall–Kier alpha value is -3.60. The molecule has 0 bridgehead atoms. The number of hydrogen-bond donors (Lipinski definition) is 1. The molecule has 1 N–H and O–H groups in total. The molecule has 0 aliphatic rings. The molecule has 0 aliphatic carbocycles. The molecule has 11 heteroatoms. The molecule has 3 rings (SSSR count). The highest BCUT2D eigenvalue weighted by Gasteiger charge is 2.11. The van der Waals surface area contributed by atoms with Gasteiger partial charge < -0.3 is 19.2 Å². The molecule has 0 aliphatic heterocycles. The number of benzene rings is 2. The van der Waals surface area contributed by atoms with Crippen LogP contribution in [0.15, 0.2) is 58.2 Å². The lowest BCUT2D eigenvalue weighted by Gasteiger charge is -2.04. The number of nitrogens with zero attached hydrogens (tertiary/aromatic N) is 3. The summed E-state index contributed by atoms with van der Waals surface area (Å²) in [5.74, 6) is 1.36. The third kappa shape index (κ3) is 5.94. The topological polar surface area (TPSA) is 130 Å². The number of nitro groups is 1. The monoisotopic (exact) mass is 416 g/mol. The first-order valence-electron chi connectivity index (χ1n) is 8.30. The van der Waals surface area contributed by atoms with Gasteiger partial charge in [-0.05, 0) is 36.4 Å². The number of amides is 1. The molecule has 2 aromatic carbocycles. The smallest absolute Gasteiger partial charge is 0.277 e. The fourth-order valence-corrected chi connectivity index (χ4v) is 2.74. The van der Waals surface area contributed by atoms with E-state index in [1.165, 1.54) is 24.3 Å². The highest BCUT2D eigenvalue weighted by molar-refractivity contribution is 7.99. The fourth-order valence-electron chi connectivity index (χ4n) is 2.16. The number of methoxy groups -OCH3 is 1. The standard InChI is InChI=1S/C18H16N4O6S/c1-26-14-6-8-15(9-7-14)27-10-17-20-21-18(28-17)29-11-16(23)19-12-2-4-13(5-3-12)22(24)25/h2-9H,10-11H2,1H3,(H,19,23). The quantitative estimate of drug-likeness (QED) is 0.317. The van der Waals surface area contributed by atoms with Crippen LogP contribution in [0, 0.1) is 10.1 Å². The van der Waals surface area contributed by atoms with E-state index in [9.17, 15) is 14.9 Å². The zero-order chi connectivity index (χ0) is 20.6. The summed E-state index contributed by atoms with van der Waals surface area (Å²) >= 11 is 1.07. The van der Waals surface area contributed by atoms with Gasteiger partial charge >= 0.3 is 0 Å². The van der Waals surface area contributed by atoms with Gasteiger partial charge in [0.05, 0.1) is 17.8 Å². The van der Waals surface area contributed by atoms with Crippen LogP contribution in [0.1, 0.15) is 5.89 Å². The maximum atomic E-state index is 12.0. The fraction of sp³-hybridized carbons (Fsp3) is 0.167. The number of anilines is 1. The Labute approximate surface area is 169 Å². The van der Waals surface area contributed by atoms with Crippen LogP contribution in [-0.4, -0.2) is 33.9 Å². The van der Waals surface area contributed by atoms with Crippen LogP contribution in [0.4, 0.5) is 11.4 Å². The van der Waals surface area contributed by atoms with Crippen molar-refractivity contribution in [1.82, 2.24) is 10.2 Å². The van der Waals surface area contributed by atoms with Gasteiger partial charge in [-0.3, -0.25) is 14.9 Å². The van der Waals surface area contributed by atoms with Crippen LogP contribution in [0.5, 0.6) is 11.5 Å². The third-order valence-electron chi connectivity index (χ3n) is 3.56. The van der Waals surface area contributed by atoms with Gasteiger partial charge in [0.25, 0.3) is 16.8 Å². The Kier molecular flexibility index (Phi) is 6.63. The summed E-state index contributed by atoms with van der Waals surface area (Å²) in [6, 6.07) is 12.6. The first kappa shape index (κ1) is 20.1. The van der Waals surface area contributed by atoms with Crippen molar-refractivity contribution in [3.8, 4) is 11.5 Å². The molecular formula is C18H16N4O6S. The lowest BCUT2D eigenvalue weighted by Crippen LogP contribution is -2.13. The van der Waals surface area contributed by atoms with E-state index in [0.717, 1.165) is 17.5 Å². The molecule has 0 spiro atoms. The van der Waals surface area contributed by atoms with Gasteiger partial charge in [-0.15, -0.1) is 10.2 Å². The summed E-state index contributed by atoms with van der Waals surface area (Å²) in [5.41, 5.74) is 0.410. The number of rotatable bonds is 9. The first-order valence-corrected chi connectivity index (χ1v) is 9.28. The highest BCUT2D eigenvalue weighted by Crippen LogP contribution is 2.21. The van der Waals surface area contributed by atoms with E-state index in [2.05, 4.69) is 15.5 Å². The summed E-state index contributed by atoms with van der Waals surface area (Å²) < 4.78 is 16.1. The molecule has 1 aromatic heterocycles. The number of thioether (sulfide) groups is 1. The average Bonchev–Trinajstić information content (AvgIpc) is 3.19. The second-order valence-corrected chi connectivity index (χ2v) is 6.49. The van der Waals surface area contributed by atoms with Crippen molar-refractivity contribution < 1.29 is 23.6 Å². The minimum Gasteiger partial charge on any atom is -0.497 e. The molecule has 150 valence electrons. The van der Waals surface area contributed by atoms with Gasteiger partial charge in [0.1, 0.15) is 11.5 Å². The molecule has 0 radical (unpaired) electrons. The van der Waals surface area contributed by atoms with Crippen molar-refractivity contribution in [3.05, 3.63) is 64.5 Å². The maximum Gasteiger partial charge on any atom is 0.277 e. The normalized spacial score (nSPS) is 10.4. The lowest BCUT2D eigenvalue weighted by atomic mass is 10.3. The van der Waals surface area contributed by atoms with Crippen LogP contribution in [0.25, 0.3) is 0 Å². The Morgan fingerprint density at radius 2 is 1.83 bits per heavy atom. The number of carbonyl (C=O) groups excluding carboxylic acids is 1. The number of carbonyl (C=O) groups is 1. The van der Waals surface area contributed by atoms with Gasteiger partial charge in [0.15, 0.2) is 6.61 Å². The summed E-state index contributed by atoms with van der Waals surface area (Å²) in [4.78, 5) is 22.1. The molecule has 1 amide bonds. The number of aromatic nitrogens is 2. The van der Waals surface area contributed by atoms with E-state index in [0.29, 0.717) is 11.4 Å². The summed E-state index contributed by atoms with van der Waals surface area (Å²) in [6.07, 6.45) is 0. The molecule has 0 unspecified atom stereocenters. The number of hydrogen-bond acceptors (Lipinski definition) is 9. The van der Waals surface area contributed by atoms with E-state index in [1.807, 2.05) is 0 Å². The van der Waals surface area contributed by atoms with Gasteiger partial charge in [0, 0.05) is 17.8 Å². The molecule has 3 aromatic rings. The molecule has 29 heavy (non-hydrogen) atoms. The molecule has 1 heterocycles. The zero-order valence-electron chi connectivity index (χ0n) is 15.2. The maximum absolute atomic E-state index is 12.0. The largest absolute Gasteiger partial charge is 0.497 e. The van der Waals surface area contributed by atoms with Crippen LogP contribution in [0.3, 0.4) is 0 Å². The van der Waals surface area contributed by atoms with Crippen molar-refractivity contribution >= 4 is 29.0 Å². The number of ether oxygens (including phenoxy) is 2. The summed E-state index contributed by atoms with van der Waals surface area (Å²) in [5, 5.41) is 21.2. The van der Waals surface area contributed by atoms with Crippen molar-refractivity contribution in [2.45, 2.75) is 11.8 Å². The van der Waals surface area contributed by atoms with E-state index in [-0.39, 0.29) is 35.1 Å². The van der Waals surface area contributed by atoms with E-state index in [1.54, 1.807) is 31.4 Å². The van der Waals surface area contributed by atoms with E-state index in [4.69, 9.17) is 13.9 Å². The number of nitro benzene ring substituents is 1. The van der Waals surface area contributed by atoms with Crippen molar-refractivity contribution in [2.75, 3.05) is 18.2 Å². The predicted molar refractivity (Wildman–Crippen MR) is 104 cm³/mol. The molecular weight excluding hydrogens is 400 g/mol.